The second kappa shape index (κ2) is 7.44. The van der Waals surface area contributed by atoms with Crippen molar-refractivity contribution >= 4 is 39.0 Å². The van der Waals surface area contributed by atoms with Crippen LogP contribution < -0.4 is 20.8 Å². The van der Waals surface area contributed by atoms with Gasteiger partial charge in [-0.1, -0.05) is 18.2 Å². The molecular weight excluding hydrogens is 418 g/mol. The number of nitrogens with zero attached hydrogens (tertiary/aromatic N) is 2. The van der Waals surface area contributed by atoms with E-state index in [-0.39, 0.29) is 5.56 Å². The molecule has 2 aromatic heterocycles. The van der Waals surface area contributed by atoms with Gasteiger partial charge in [-0.15, -0.1) is 11.3 Å². The van der Waals surface area contributed by atoms with Crippen molar-refractivity contribution in [1.29, 1.82) is 0 Å². The van der Waals surface area contributed by atoms with Crippen molar-refractivity contribution in [2.45, 2.75) is 0 Å². The van der Waals surface area contributed by atoms with Crippen molar-refractivity contribution in [3.8, 4) is 11.4 Å². The predicted molar refractivity (Wildman–Crippen MR) is 118 cm³/mol. The second-order valence-electron chi connectivity index (χ2n) is 6.90. The van der Waals surface area contributed by atoms with Gasteiger partial charge in [0.15, 0.2) is 0 Å². The lowest BCUT2D eigenvalue weighted by molar-refractivity contribution is 0.0603. The summed E-state index contributed by atoms with van der Waals surface area (Å²) >= 11 is 1.16. The second-order valence-corrected chi connectivity index (χ2v) is 7.78. The highest BCUT2D eigenvalue weighted by molar-refractivity contribution is 7.17. The molecule has 0 fully saturated rings. The Labute approximate surface area is 179 Å². The number of carbonyl (C=O) groups excluding carboxylic acids is 1. The molecular formula is C22H17N3O5S. The van der Waals surface area contributed by atoms with E-state index in [2.05, 4.69) is 9.88 Å². The zero-order valence-corrected chi connectivity index (χ0v) is 17.3. The van der Waals surface area contributed by atoms with Crippen LogP contribution in [0.15, 0.2) is 63.5 Å². The van der Waals surface area contributed by atoms with Crippen LogP contribution in [0.5, 0.6) is 5.75 Å². The Kier molecular flexibility index (Phi) is 4.59. The normalized spacial score (nSPS) is 13.0. The molecule has 0 aliphatic carbocycles. The SMILES string of the molecule is COC(=O)c1csc2[nH]c(=O)c(=O)n(-c3ccc4c(c3)N(c3ccccc3)CCO4)c12. The molecule has 9 heteroatoms. The topological polar surface area (TPSA) is 93.6 Å². The van der Waals surface area contributed by atoms with Crippen LogP contribution in [0.3, 0.4) is 0 Å². The fourth-order valence-corrected chi connectivity index (χ4v) is 4.65. The summed E-state index contributed by atoms with van der Waals surface area (Å²) in [4.78, 5) is 42.6. The van der Waals surface area contributed by atoms with Gasteiger partial charge in [0.05, 0.1) is 36.1 Å². The molecule has 0 atom stereocenters. The van der Waals surface area contributed by atoms with E-state index < -0.39 is 17.1 Å². The number of hydrogen-bond acceptors (Lipinski definition) is 7. The summed E-state index contributed by atoms with van der Waals surface area (Å²) in [7, 11) is 1.27. The summed E-state index contributed by atoms with van der Waals surface area (Å²) in [5.74, 6) is 0.0881. The molecule has 3 heterocycles. The molecule has 31 heavy (non-hydrogen) atoms. The van der Waals surface area contributed by atoms with Crippen LogP contribution in [0, 0.1) is 0 Å². The first-order valence-electron chi connectivity index (χ1n) is 9.53. The van der Waals surface area contributed by atoms with E-state index in [4.69, 9.17) is 9.47 Å². The molecule has 0 spiro atoms. The summed E-state index contributed by atoms with van der Waals surface area (Å²) in [6, 6.07) is 15.1. The monoisotopic (exact) mass is 435 g/mol. The van der Waals surface area contributed by atoms with Crippen LogP contribution in [0.1, 0.15) is 10.4 Å². The minimum Gasteiger partial charge on any atom is -0.490 e. The van der Waals surface area contributed by atoms with E-state index >= 15 is 0 Å². The van der Waals surface area contributed by atoms with E-state index in [0.717, 1.165) is 22.7 Å². The van der Waals surface area contributed by atoms with Gasteiger partial charge in [-0.3, -0.25) is 14.2 Å². The number of methoxy groups -OCH3 is 1. The molecule has 1 aliphatic rings. The first-order valence-corrected chi connectivity index (χ1v) is 10.4. The standard InChI is InChI=1S/C22H17N3O5S/c1-29-22(28)15-12-31-20-18(15)25(21(27)19(26)23-20)14-7-8-17-16(11-14)24(9-10-30-17)13-5-3-2-4-6-13/h2-8,11-12H,9-10H2,1H3,(H,23,26). The van der Waals surface area contributed by atoms with Crippen molar-refractivity contribution in [3.63, 3.8) is 0 Å². The Morgan fingerprint density at radius 2 is 1.94 bits per heavy atom. The van der Waals surface area contributed by atoms with Crippen LogP contribution in [-0.2, 0) is 4.74 Å². The Hall–Kier alpha value is -3.85. The van der Waals surface area contributed by atoms with Crippen LogP contribution in [0.2, 0.25) is 0 Å². The van der Waals surface area contributed by atoms with Crippen molar-refractivity contribution in [1.82, 2.24) is 9.55 Å². The number of rotatable bonds is 3. The van der Waals surface area contributed by atoms with Gasteiger partial charge in [0.1, 0.15) is 17.2 Å². The average Bonchev–Trinajstić information content (AvgIpc) is 3.22. The van der Waals surface area contributed by atoms with Gasteiger partial charge in [0.2, 0.25) is 0 Å². The Morgan fingerprint density at radius 1 is 1.13 bits per heavy atom. The fraction of sp³-hybridized carbons (Fsp3) is 0.136. The van der Waals surface area contributed by atoms with E-state index in [1.165, 1.54) is 11.7 Å². The molecule has 0 amide bonds. The fourth-order valence-electron chi connectivity index (χ4n) is 3.74. The molecule has 0 bridgehead atoms. The molecule has 2 aromatic carbocycles. The van der Waals surface area contributed by atoms with Crippen molar-refractivity contribution in [2.24, 2.45) is 0 Å². The molecule has 156 valence electrons. The molecule has 0 saturated heterocycles. The van der Waals surface area contributed by atoms with E-state index in [1.54, 1.807) is 23.6 Å². The number of thiophene rings is 1. The minimum atomic E-state index is -0.779. The number of para-hydroxylation sites is 1. The van der Waals surface area contributed by atoms with E-state index in [1.807, 2.05) is 30.3 Å². The zero-order valence-electron chi connectivity index (χ0n) is 16.5. The number of H-pyrrole nitrogens is 1. The lowest BCUT2D eigenvalue weighted by Crippen LogP contribution is -2.36. The van der Waals surface area contributed by atoms with Gasteiger partial charge in [-0.25, -0.2) is 4.79 Å². The Bertz CT molecular complexity index is 1420. The number of benzene rings is 2. The highest BCUT2D eigenvalue weighted by Gasteiger charge is 2.23. The molecule has 4 aromatic rings. The van der Waals surface area contributed by atoms with Crippen LogP contribution in [-0.4, -0.2) is 35.8 Å². The molecule has 0 unspecified atom stereocenters. The number of ether oxygens (including phenoxy) is 2. The molecule has 1 aliphatic heterocycles. The van der Waals surface area contributed by atoms with E-state index in [9.17, 15) is 14.4 Å². The van der Waals surface area contributed by atoms with Crippen LogP contribution >= 0.6 is 11.3 Å². The maximum atomic E-state index is 12.9. The number of aromatic nitrogens is 2. The van der Waals surface area contributed by atoms with Gasteiger partial charge in [-0.05, 0) is 30.3 Å². The smallest absolute Gasteiger partial charge is 0.340 e. The lowest BCUT2D eigenvalue weighted by atomic mass is 10.1. The number of fused-ring (bicyclic) bond motifs is 2. The Balaban J connectivity index is 1.76. The highest BCUT2D eigenvalue weighted by atomic mass is 32.1. The van der Waals surface area contributed by atoms with Gasteiger partial charge >= 0.3 is 17.1 Å². The minimum absolute atomic E-state index is 0.213. The van der Waals surface area contributed by atoms with Crippen molar-refractivity contribution in [3.05, 3.63) is 80.2 Å². The number of aromatic amines is 1. The predicted octanol–water partition coefficient (Wildman–Crippen LogP) is 3.06. The maximum Gasteiger partial charge on any atom is 0.340 e. The third-order valence-corrected chi connectivity index (χ3v) is 6.03. The first-order chi connectivity index (χ1) is 15.1. The van der Waals surface area contributed by atoms with Crippen LogP contribution in [0.4, 0.5) is 11.4 Å². The summed E-state index contributed by atoms with van der Waals surface area (Å²) in [5.41, 5.74) is 1.19. The third-order valence-electron chi connectivity index (χ3n) is 5.15. The van der Waals surface area contributed by atoms with Crippen LogP contribution in [0.25, 0.3) is 16.0 Å². The highest BCUT2D eigenvalue weighted by Crippen LogP contribution is 2.38. The molecule has 8 nitrogen and oxygen atoms in total. The Morgan fingerprint density at radius 3 is 2.71 bits per heavy atom. The largest absolute Gasteiger partial charge is 0.490 e. The number of hydrogen-bond donors (Lipinski definition) is 1. The van der Waals surface area contributed by atoms with Gasteiger partial charge < -0.3 is 19.4 Å². The number of nitrogens with one attached hydrogen (secondary N) is 1. The molecule has 5 rings (SSSR count). The number of esters is 1. The zero-order chi connectivity index (χ0) is 21.5. The van der Waals surface area contributed by atoms with E-state index in [0.29, 0.717) is 34.9 Å². The third kappa shape index (κ3) is 3.10. The average molecular weight is 435 g/mol. The molecule has 1 N–H and O–H groups in total. The van der Waals surface area contributed by atoms with Gasteiger partial charge in [-0.2, -0.15) is 0 Å². The number of anilines is 2. The van der Waals surface area contributed by atoms with Crippen molar-refractivity contribution in [2.75, 3.05) is 25.2 Å². The molecule has 0 radical (unpaired) electrons. The first kappa shape index (κ1) is 19.1. The summed E-state index contributed by atoms with van der Waals surface area (Å²) < 4.78 is 11.9. The van der Waals surface area contributed by atoms with Gasteiger partial charge in [0.25, 0.3) is 0 Å². The summed E-state index contributed by atoms with van der Waals surface area (Å²) in [6.07, 6.45) is 0. The summed E-state index contributed by atoms with van der Waals surface area (Å²) in [6.45, 7) is 1.15. The molecule has 0 saturated carbocycles. The lowest BCUT2D eigenvalue weighted by Gasteiger charge is -2.31. The maximum absolute atomic E-state index is 12.9. The summed E-state index contributed by atoms with van der Waals surface area (Å²) in [5, 5.41) is 1.57. The van der Waals surface area contributed by atoms with Gasteiger partial charge in [0, 0.05) is 11.1 Å². The van der Waals surface area contributed by atoms with Crippen molar-refractivity contribution < 1.29 is 14.3 Å². The quantitative estimate of drug-likeness (QED) is 0.393. The number of carbonyl (C=O) groups is 1.